The van der Waals surface area contributed by atoms with E-state index in [2.05, 4.69) is 32.9 Å². The molecule has 25 heavy (non-hydrogen) atoms. The third-order valence-electron chi connectivity index (χ3n) is 7.79. The maximum absolute atomic E-state index is 12.4. The van der Waals surface area contributed by atoms with Crippen molar-refractivity contribution in [2.24, 2.45) is 34.5 Å². The Morgan fingerprint density at radius 3 is 2.84 bits per heavy atom. The van der Waals surface area contributed by atoms with E-state index in [0.29, 0.717) is 17.8 Å². The number of hydrogen-bond acceptors (Lipinski definition) is 3. The zero-order valence-electron chi connectivity index (χ0n) is 15.4. The molecule has 1 N–H and O–H groups in total. The Bertz CT molecular complexity index is 728. The van der Waals surface area contributed by atoms with Crippen LogP contribution in [-0.4, -0.2) is 23.3 Å². The highest BCUT2D eigenvalue weighted by Crippen LogP contribution is 2.65. The van der Waals surface area contributed by atoms with Crippen LogP contribution in [0, 0.1) is 34.5 Å². The molecule has 134 valence electrons. The summed E-state index contributed by atoms with van der Waals surface area (Å²) in [6.07, 6.45) is 12.0. The first-order valence-corrected chi connectivity index (χ1v) is 9.59. The van der Waals surface area contributed by atoms with Gasteiger partial charge in [0.15, 0.2) is 11.6 Å². The van der Waals surface area contributed by atoms with Crippen LogP contribution in [0.2, 0.25) is 0 Å². The van der Waals surface area contributed by atoms with Gasteiger partial charge in [-0.05, 0) is 67.9 Å². The van der Waals surface area contributed by atoms with Gasteiger partial charge in [0.05, 0.1) is 0 Å². The third kappa shape index (κ3) is 2.21. The molecule has 0 heterocycles. The molecule has 1 unspecified atom stereocenters. The van der Waals surface area contributed by atoms with Crippen molar-refractivity contribution in [3.05, 3.63) is 35.5 Å². The van der Waals surface area contributed by atoms with Crippen LogP contribution in [0.4, 0.5) is 0 Å². The highest BCUT2D eigenvalue weighted by Gasteiger charge is 2.59. The molecule has 2 saturated carbocycles. The van der Waals surface area contributed by atoms with Crippen molar-refractivity contribution >= 4 is 11.6 Å². The number of rotatable bonds is 2. The standard InChI is InChI=1S/C22H28O3/c1-13-10-18-16-5-4-14-11-15(24)6-8-21(14,2)17(16)7-9-22(18,3)20(13)19(25)12-23/h6-8,11,13,16,18,20,23H,4-5,9-10,12H2,1-3H3/t13-,16?,18-,20-,21-,22-/m0/s1. The van der Waals surface area contributed by atoms with Crippen LogP contribution in [0.15, 0.2) is 35.5 Å². The van der Waals surface area contributed by atoms with Gasteiger partial charge in [-0.2, -0.15) is 0 Å². The number of aliphatic hydroxyl groups excluding tert-OH is 1. The molecular weight excluding hydrogens is 312 g/mol. The second kappa shape index (κ2) is 5.51. The molecule has 0 aliphatic heterocycles. The summed E-state index contributed by atoms with van der Waals surface area (Å²) in [5.41, 5.74) is 2.54. The number of hydrogen-bond donors (Lipinski definition) is 1. The Labute approximate surface area is 149 Å². The van der Waals surface area contributed by atoms with Crippen LogP contribution in [0.1, 0.15) is 46.5 Å². The summed E-state index contributed by atoms with van der Waals surface area (Å²) in [5.74, 6) is 1.39. The molecule has 0 aromatic rings. The van der Waals surface area contributed by atoms with Crippen molar-refractivity contribution < 1.29 is 14.7 Å². The van der Waals surface area contributed by atoms with Gasteiger partial charge in [0.1, 0.15) is 6.61 Å². The van der Waals surface area contributed by atoms with E-state index in [-0.39, 0.29) is 34.9 Å². The lowest BCUT2D eigenvalue weighted by atomic mass is 9.52. The topological polar surface area (TPSA) is 54.4 Å². The number of aliphatic hydroxyl groups is 1. The van der Waals surface area contributed by atoms with Gasteiger partial charge in [-0.3, -0.25) is 9.59 Å². The van der Waals surface area contributed by atoms with Crippen molar-refractivity contribution in [1.82, 2.24) is 0 Å². The fraction of sp³-hybridized carbons (Fsp3) is 0.636. The maximum Gasteiger partial charge on any atom is 0.178 e. The van der Waals surface area contributed by atoms with Crippen LogP contribution in [0.3, 0.4) is 0 Å². The molecular formula is C22H28O3. The molecule has 0 aromatic heterocycles. The lowest BCUT2D eigenvalue weighted by molar-refractivity contribution is -0.131. The number of Topliss-reactive ketones (excluding diaryl/α,β-unsaturated/α-hetero) is 1. The lowest BCUT2D eigenvalue weighted by Gasteiger charge is -2.52. The van der Waals surface area contributed by atoms with Crippen molar-refractivity contribution in [2.75, 3.05) is 6.61 Å². The van der Waals surface area contributed by atoms with Crippen LogP contribution in [0.25, 0.3) is 0 Å². The zero-order chi connectivity index (χ0) is 18.0. The Morgan fingerprint density at radius 2 is 2.12 bits per heavy atom. The average Bonchev–Trinajstić information content (AvgIpc) is 2.85. The fourth-order valence-corrected chi connectivity index (χ4v) is 6.67. The molecule has 0 aromatic carbocycles. The highest BCUT2D eigenvalue weighted by molar-refractivity contribution is 6.01. The molecule has 0 amide bonds. The zero-order valence-corrected chi connectivity index (χ0v) is 15.4. The largest absolute Gasteiger partial charge is 0.389 e. The molecule has 0 spiro atoms. The predicted octanol–water partition coefficient (Wildman–Crippen LogP) is 3.64. The van der Waals surface area contributed by atoms with E-state index in [1.165, 1.54) is 11.1 Å². The Balaban J connectivity index is 1.75. The van der Waals surface area contributed by atoms with E-state index in [4.69, 9.17) is 0 Å². The van der Waals surface area contributed by atoms with E-state index in [0.717, 1.165) is 25.7 Å². The number of allylic oxidation sites excluding steroid dienone is 6. The molecule has 0 saturated heterocycles. The first-order valence-electron chi connectivity index (χ1n) is 9.59. The number of fused-ring (bicyclic) bond motifs is 5. The summed E-state index contributed by atoms with van der Waals surface area (Å²) in [4.78, 5) is 24.2. The highest BCUT2D eigenvalue weighted by atomic mass is 16.3. The van der Waals surface area contributed by atoms with Gasteiger partial charge in [-0.25, -0.2) is 0 Å². The van der Waals surface area contributed by atoms with Gasteiger partial charge in [0.25, 0.3) is 0 Å². The predicted molar refractivity (Wildman–Crippen MR) is 96.7 cm³/mol. The minimum Gasteiger partial charge on any atom is -0.389 e. The molecule has 4 aliphatic rings. The third-order valence-corrected chi connectivity index (χ3v) is 7.79. The monoisotopic (exact) mass is 340 g/mol. The summed E-state index contributed by atoms with van der Waals surface area (Å²) in [7, 11) is 0. The summed E-state index contributed by atoms with van der Waals surface area (Å²) < 4.78 is 0. The number of carbonyl (C=O) groups excluding carboxylic acids is 2. The van der Waals surface area contributed by atoms with Crippen molar-refractivity contribution in [2.45, 2.75) is 46.5 Å². The van der Waals surface area contributed by atoms with Gasteiger partial charge < -0.3 is 5.11 Å². The Kier molecular flexibility index (Phi) is 3.74. The van der Waals surface area contributed by atoms with Crippen LogP contribution in [-0.2, 0) is 9.59 Å². The van der Waals surface area contributed by atoms with E-state index in [1.54, 1.807) is 6.08 Å². The second-order valence-electron chi connectivity index (χ2n) is 9.04. The van der Waals surface area contributed by atoms with E-state index in [9.17, 15) is 14.7 Å². The van der Waals surface area contributed by atoms with E-state index < -0.39 is 0 Å². The Hall–Kier alpha value is -1.48. The second-order valence-corrected chi connectivity index (χ2v) is 9.04. The van der Waals surface area contributed by atoms with Gasteiger partial charge in [-0.15, -0.1) is 0 Å². The molecule has 3 nitrogen and oxygen atoms in total. The molecule has 0 bridgehead atoms. The van der Waals surface area contributed by atoms with Crippen LogP contribution in [0.5, 0.6) is 0 Å². The van der Waals surface area contributed by atoms with Gasteiger partial charge in [0.2, 0.25) is 0 Å². The molecule has 2 fully saturated rings. The molecule has 6 atom stereocenters. The summed E-state index contributed by atoms with van der Waals surface area (Å²) in [5, 5.41) is 9.46. The number of carbonyl (C=O) groups is 2. The van der Waals surface area contributed by atoms with Crippen molar-refractivity contribution in [3.8, 4) is 0 Å². The average molecular weight is 340 g/mol. The summed E-state index contributed by atoms with van der Waals surface area (Å²) >= 11 is 0. The number of ketones is 2. The van der Waals surface area contributed by atoms with Gasteiger partial charge in [-0.1, -0.05) is 37.1 Å². The van der Waals surface area contributed by atoms with Crippen molar-refractivity contribution in [1.29, 1.82) is 0 Å². The Morgan fingerprint density at radius 1 is 1.36 bits per heavy atom. The van der Waals surface area contributed by atoms with Crippen LogP contribution >= 0.6 is 0 Å². The quantitative estimate of drug-likeness (QED) is 0.781. The molecule has 3 heteroatoms. The van der Waals surface area contributed by atoms with Crippen molar-refractivity contribution in [3.63, 3.8) is 0 Å². The lowest BCUT2D eigenvalue weighted by Crippen LogP contribution is -2.45. The minimum atomic E-state index is -0.339. The maximum atomic E-state index is 12.4. The van der Waals surface area contributed by atoms with Gasteiger partial charge in [0, 0.05) is 11.3 Å². The summed E-state index contributed by atoms with van der Waals surface area (Å²) in [6.45, 7) is 6.35. The van der Waals surface area contributed by atoms with Crippen LogP contribution < -0.4 is 0 Å². The normalized spacial score (nSPS) is 45.2. The SMILES string of the molecule is C[C@H]1C[C@H]2C3CCC4=CC(=O)C=C[C@]4(C)C3=CC[C@]2(C)[C@@H]1C(=O)CO. The first kappa shape index (κ1) is 17.0. The first-order chi connectivity index (χ1) is 11.8. The molecule has 4 rings (SSSR count). The van der Waals surface area contributed by atoms with Gasteiger partial charge >= 0.3 is 0 Å². The summed E-state index contributed by atoms with van der Waals surface area (Å²) in [6, 6.07) is 0. The smallest absolute Gasteiger partial charge is 0.178 e. The molecule has 0 radical (unpaired) electrons. The fourth-order valence-electron chi connectivity index (χ4n) is 6.67. The molecule has 4 aliphatic carbocycles. The van der Waals surface area contributed by atoms with E-state index >= 15 is 0 Å². The minimum absolute atomic E-state index is 0.0140. The van der Waals surface area contributed by atoms with E-state index in [1.807, 2.05) is 6.08 Å².